The molecule has 2 amide bonds. The number of morpholine rings is 1. The number of aromatic nitrogens is 2. The second-order valence-corrected chi connectivity index (χ2v) is 12.9. The molecule has 3 heterocycles. The van der Waals surface area contributed by atoms with Crippen LogP contribution in [-0.2, 0) is 29.1 Å². The maximum Gasteiger partial charge on any atom is 0.271 e. The number of imide groups is 1. The van der Waals surface area contributed by atoms with Crippen molar-refractivity contribution in [2.45, 2.75) is 38.2 Å². The van der Waals surface area contributed by atoms with E-state index < -0.39 is 21.8 Å². The molecule has 1 saturated heterocycles. The number of nitrogens with zero attached hydrogens (tertiary/aromatic N) is 5. The van der Waals surface area contributed by atoms with Gasteiger partial charge in [0.2, 0.25) is 10.0 Å². The first-order valence-electron chi connectivity index (χ1n) is 14.8. The molecule has 1 fully saturated rings. The SMILES string of the molecule is CC1=C(C#N)C(=O)N(CCCOC(C)C)C(=O)/C1=C/c1cn(-c2ccccc2)nc1-c1ccc(S(=O)(=O)N2CCOCC2)cc1. The quantitative estimate of drug-likeness (QED) is 0.187. The van der Waals surface area contributed by atoms with Gasteiger partial charge in [0, 0.05) is 49.1 Å². The Morgan fingerprint density at radius 1 is 1.04 bits per heavy atom. The molecule has 0 atom stereocenters. The normalized spacial score (nSPS) is 17.4. The van der Waals surface area contributed by atoms with E-state index in [2.05, 4.69) is 0 Å². The van der Waals surface area contributed by atoms with Crippen LogP contribution in [0.1, 0.15) is 32.8 Å². The van der Waals surface area contributed by atoms with Gasteiger partial charge in [-0.2, -0.15) is 14.7 Å². The lowest BCUT2D eigenvalue weighted by Gasteiger charge is -2.27. The number of amides is 2. The molecule has 2 aromatic carbocycles. The molecule has 2 aliphatic rings. The zero-order valence-electron chi connectivity index (χ0n) is 25.5. The smallest absolute Gasteiger partial charge is 0.271 e. The van der Waals surface area contributed by atoms with Crippen LogP contribution in [0.3, 0.4) is 0 Å². The molecule has 0 unspecified atom stereocenters. The minimum atomic E-state index is -3.69. The van der Waals surface area contributed by atoms with Crippen molar-refractivity contribution in [3.8, 4) is 23.0 Å². The van der Waals surface area contributed by atoms with Crippen molar-refractivity contribution in [1.82, 2.24) is 19.0 Å². The van der Waals surface area contributed by atoms with Gasteiger partial charge in [0.05, 0.1) is 35.6 Å². The zero-order chi connectivity index (χ0) is 32.1. The van der Waals surface area contributed by atoms with Gasteiger partial charge in [0.15, 0.2) is 0 Å². The van der Waals surface area contributed by atoms with E-state index in [1.165, 1.54) is 4.31 Å². The first-order chi connectivity index (χ1) is 21.6. The summed E-state index contributed by atoms with van der Waals surface area (Å²) in [6.45, 7) is 7.15. The third-order valence-electron chi connectivity index (χ3n) is 7.60. The molecule has 0 aliphatic carbocycles. The van der Waals surface area contributed by atoms with Crippen molar-refractivity contribution in [1.29, 1.82) is 5.26 Å². The van der Waals surface area contributed by atoms with Gasteiger partial charge in [0.1, 0.15) is 11.6 Å². The number of para-hydroxylation sites is 1. The maximum atomic E-state index is 13.7. The van der Waals surface area contributed by atoms with Gasteiger partial charge in [-0.25, -0.2) is 13.1 Å². The molecule has 0 spiro atoms. The molecule has 11 nitrogen and oxygen atoms in total. The van der Waals surface area contributed by atoms with E-state index in [1.54, 1.807) is 48.1 Å². The van der Waals surface area contributed by atoms with Crippen molar-refractivity contribution in [2.24, 2.45) is 0 Å². The van der Waals surface area contributed by atoms with Crippen LogP contribution in [0, 0.1) is 11.3 Å². The summed E-state index contributed by atoms with van der Waals surface area (Å²) in [5, 5.41) is 14.6. The first kappa shape index (κ1) is 32.0. The highest BCUT2D eigenvalue weighted by atomic mass is 32.2. The van der Waals surface area contributed by atoms with E-state index in [9.17, 15) is 23.3 Å². The third kappa shape index (κ3) is 6.82. The number of benzene rings is 2. The van der Waals surface area contributed by atoms with Crippen LogP contribution in [0.25, 0.3) is 23.0 Å². The Hall–Kier alpha value is -4.41. The molecule has 12 heteroatoms. The summed E-state index contributed by atoms with van der Waals surface area (Å²) in [6.07, 6.45) is 3.84. The molecule has 3 aromatic rings. The largest absolute Gasteiger partial charge is 0.379 e. The van der Waals surface area contributed by atoms with Crippen molar-refractivity contribution in [2.75, 3.05) is 39.5 Å². The molecule has 2 aliphatic heterocycles. The van der Waals surface area contributed by atoms with Crippen LogP contribution >= 0.6 is 0 Å². The van der Waals surface area contributed by atoms with Crippen LogP contribution in [0.5, 0.6) is 0 Å². The summed E-state index contributed by atoms with van der Waals surface area (Å²) in [5.74, 6) is -1.13. The summed E-state index contributed by atoms with van der Waals surface area (Å²) in [5.41, 5.74) is 2.84. The van der Waals surface area contributed by atoms with Crippen LogP contribution < -0.4 is 0 Å². The van der Waals surface area contributed by atoms with Gasteiger partial charge >= 0.3 is 0 Å². The molecule has 5 rings (SSSR count). The van der Waals surface area contributed by atoms with Crippen LogP contribution in [-0.4, -0.2) is 84.8 Å². The second-order valence-electron chi connectivity index (χ2n) is 11.0. The first-order valence-corrected chi connectivity index (χ1v) is 16.2. The van der Waals surface area contributed by atoms with E-state index in [4.69, 9.17) is 14.6 Å². The van der Waals surface area contributed by atoms with E-state index >= 15 is 0 Å². The number of carbonyl (C=O) groups excluding carboxylic acids is 2. The highest BCUT2D eigenvalue weighted by molar-refractivity contribution is 7.89. The second kappa shape index (κ2) is 13.7. The van der Waals surface area contributed by atoms with Gasteiger partial charge in [0.25, 0.3) is 11.8 Å². The Morgan fingerprint density at radius 3 is 2.38 bits per heavy atom. The van der Waals surface area contributed by atoms with Gasteiger partial charge in [-0.1, -0.05) is 30.3 Å². The number of carbonyl (C=O) groups is 2. The van der Waals surface area contributed by atoms with Crippen molar-refractivity contribution < 1.29 is 27.5 Å². The number of hydrogen-bond acceptors (Lipinski definition) is 8. The van der Waals surface area contributed by atoms with Crippen LogP contribution in [0.2, 0.25) is 0 Å². The average molecular weight is 630 g/mol. The minimum Gasteiger partial charge on any atom is -0.379 e. The summed E-state index contributed by atoms with van der Waals surface area (Å²) in [6, 6.07) is 17.9. The number of nitriles is 1. The fraction of sp³-hybridized carbons (Fsp3) is 0.333. The van der Waals surface area contributed by atoms with E-state index in [1.807, 2.05) is 50.2 Å². The number of hydrogen-bond donors (Lipinski definition) is 0. The number of rotatable bonds is 10. The van der Waals surface area contributed by atoms with Gasteiger partial charge in [-0.3, -0.25) is 14.5 Å². The number of sulfonamides is 1. The summed E-state index contributed by atoms with van der Waals surface area (Å²) in [7, 11) is -3.69. The average Bonchev–Trinajstić information content (AvgIpc) is 3.47. The lowest BCUT2D eigenvalue weighted by Crippen LogP contribution is -2.43. The van der Waals surface area contributed by atoms with Gasteiger partial charge in [-0.05, 0) is 63.1 Å². The Morgan fingerprint density at radius 2 is 1.73 bits per heavy atom. The molecule has 0 saturated carbocycles. The predicted molar refractivity (Wildman–Crippen MR) is 167 cm³/mol. The highest BCUT2D eigenvalue weighted by Crippen LogP contribution is 2.32. The third-order valence-corrected chi connectivity index (χ3v) is 9.51. The van der Waals surface area contributed by atoms with Gasteiger partial charge in [-0.15, -0.1) is 0 Å². The molecular formula is C33H35N5O6S. The lowest BCUT2D eigenvalue weighted by atomic mass is 9.93. The van der Waals surface area contributed by atoms with Crippen LogP contribution in [0.4, 0.5) is 0 Å². The van der Waals surface area contributed by atoms with Gasteiger partial charge < -0.3 is 9.47 Å². The topological polar surface area (TPSA) is 135 Å². The van der Waals surface area contributed by atoms with Crippen molar-refractivity contribution in [3.05, 3.63) is 83.1 Å². The van der Waals surface area contributed by atoms with E-state index in [-0.39, 0.29) is 34.3 Å². The summed E-state index contributed by atoms with van der Waals surface area (Å²) < 4.78 is 40.4. The molecule has 1 aromatic heterocycles. The Kier molecular flexibility index (Phi) is 9.74. The Balaban J connectivity index is 1.55. The van der Waals surface area contributed by atoms with E-state index in [0.29, 0.717) is 56.2 Å². The van der Waals surface area contributed by atoms with Crippen molar-refractivity contribution in [3.63, 3.8) is 0 Å². The summed E-state index contributed by atoms with van der Waals surface area (Å²) in [4.78, 5) is 28.1. The fourth-order valence-electron chi connectivity index (χ4n) is 5.18. The molecule has 0 bridgehead atoms. The molecule has 234 valence electrons. The van der Waals surface area contributed by atoms with Crippen molar-refractivity contribution >= 4 is 27.9 Å². The molecular weight excluding hydrogens is 594 g/mol. The number of ether oxygens (including phenoxy) is 2. The van der Waals surface area contributed by atoms with Crippen LogP contribution in [0.15, 0.2) is 82.4 Å². The predicted octanol–water partition coefficient (Wildman–Crippen LogP) is 3.97. The standard InChI is InChI=1S/C33H35N5O6S/c1-23(2)44-17-7-14-37-32(39)29(24(3)30(21-34)33(37)40)20-26-22-38(27-8-5-4-6-9-27)35-31(26)25-10-12-28(13-11-25)45(41,42)36-15-18-43-19-16-36/h4-6,8-13,20,22-23H,7,14-19H2,1-3H3/b29-20+. The fourth-order valence-corrected chi connectivity index (χ4v) is 6.59. The molecule has 0 radical (unpaired) electrons. The minimum absolute atomic E-state index is 0.0122. The summed E-state index contributed by atoms with van der Waals surface area (Å²) >= 11 is 0. The monoisotopic (exact) mass is 629 g/mol. The highest BCUT2D eigenvalue weighted by Gasteiger charge is 2.35. The maximum absolute atomic E-state index is 13.7. The molecule has 45 heavy (non-hydrogen) atoms. The Bertz CT molecular complexity index is 1780. The zero-order valence-corrected chi connectivity index (χ0v) is 26.3. The van der Waals surface area contributed by atoms with E-state index in [0.717, 1.165) is 10.6 Å². The Labute approximate surface area is 263 Å². The molecule has 0 N–H and O–H groups in total. The lowest BCUT2D eigenvalue weighted by molar-refractivity contribution is -0.140.